The SMILES string of the molecule is COc1cc(C(=O)Nc2cc(C)ccc2C)c(N(Cc2ccccc2)S(C)(=O)=O)cc1OC. The van der Waals surface area contributed by atoms with Crippen molar-refractivity contribution in [3.8, 4) is 11.5 Å². The molecule has 0 spiro atoms. The van der Waals surface area contributed by atoms with Crippen LogP contribution in [0.2, 0.25) is 0 Å². The molecule has 3 aromatic carbocycles. The first-order chi connectivity index (χ1) is 15.6. The standard InChI is InChI=1S/C25H28N2O5S/c1-17-11-12-18(2)21(13-17)26-25(28)20-14-23(31-3)24(32-4)15-22(20)27(33(5,29)30)16-19-9-7-6-8-10-19/h6-15H,16H2,1-5H3,(H,26,28). The number of amides is 1. The molecule has 1 N–H and O–H groups in total. The molecule has 0 radical (unpaired) electrons. The minimum atomic E-state index is -3.75. The first-order valence-electron chi connectivity index (χ1n) is 10.3. The van der Waals surface area contributed by atoms with Crippen molar-refractivity contribution in [1.29, 1.82) is 0 Å². The summed E-state index contributed by atoms with van der Waals surface area (Å²) in [6.07, 6.45) is 1.11. The molecule has 1 amide bonds. The van der Waals surface area contributed by atoms with Crippen LogP contribution in [-0.2, 0) is 16.6 Å². The quantitative estimate of drug-likeness (QED) is 0.525. The van der Waals surface area contributed by atoms with Gasteiger partial charge in [0.2, 0.25) is 10.0 Å². The van der Waals surface area contributed by atoms with Gasteiger partial charge in [0.25, 0.3) is 5.91 Å². The zero-order valence-corrected chi connectivity index (χ0v) is 20.2. The van der Waals surface area contributed by atoms with E-state index in [-0.39, 0.29) is 17.8 Å². The predicted octanol–water partition coefficient (Wildman–Crippen LogP) is 4.54. The molecule has 0 heterocycles. The van der Waals surface area contributed by atoms with Crippen molar-refractivity contribution >= 4 is 27.3 Å². The van der Waals surface area contributed by atoms with Crippen LogP contribution in [0.15, 0.2) is 60.7 Å². The molecule has 8 heteroatoms. The van der Waals surface area contributed by atoms with Gasteiger partial charge in [0, 0.05) is 11.8 Å². The highest BCUT2D eigenvalue weighted by Crippen LogP contribution is 2.37. The van der Waals surface area contributed by atoms with Gasteiger partial charge >= 0.3 is 0 Å². The van der Waals surface area contributed by atoms with Crippen LogP contribution in [-0.4, -0.2) is 34.8 Å². The minimum absolute atomic E-state index is 0.0545. The fraction of sp³-hybridized carbons (Fsp3) is 0.240. The smallest absolute Gasteiger partial charge is 0.257 e. The number of ether oxygens (including phenoxy) is 2. The van der Waals surface area contributed by atoms with Crippen LogP contribution in [0.25, 0.3) is 0 Å². The summed E-state index contributed by atoms with van der Waals surface area (Å²) in [6.45, 7) is 3.88. The summed E-state index contributed by atoms with van der Waals surface area (Å²) >= 11 is 0. The maximum Gasteiger partial charge on any atom is 0.257 e. The Morgan fingerprint density at radius 2 is 1.58 bits per heavy atom. The molecule has 3 rings (SSSR count). The van der Waals surface area contributed by atoms with Gasteiger partial charge in [-0.2, -0.15) is 0 Å². The molecule has 0 fully saturated rings. The van der Waals surface area contributed by atoms with Crippen molar-refractivity contribution in [2.75, 3.05) is 30.1 Å². The molecular weight excluding hydrogens is 440 g/mol. The number of methoxy groups -OCH3 is 2. The van der Waals surface area contributed by atoms with E-state index in [4.69, 9.17) is 9.47 Å². The van der Waals surface area contributed by atoms with E-state index in [1.807, 2.05) is 62.4 Å². The second kappa shape index (κ2) is 9.95. The van der Waals surface area contributed by atoms with Crippen LogP contribution in [0, 0.1) is 13.8 Å². The molecule has 3 aromatic rings. The molecule has 7 nitrogen and oxygen atoms in total. The lowest BCUT2D eigenvalue weighted by Gasteiger charge is -2.26. The van der Waals surface area contributed by atoms with Crippen LogP contribution in [0.5, 0.6) is 11.5 Å². The molecule has 0 aromatic heterocycles. The first kappa shape index (κ1) is 24.1. The number of nitrogens with zero attached hydrogens (tertiary/aromatic N) is 1. The lowest BCUT2D eigenvalue weighted by Crippen LogP contribution is -2.31. The second-order valence-electron chi connectivity index (χ2n) is 7.75. The predicted molar refractivity (Wildman–Crippen MR) is 131 cm³/mol. The molecule has 0 saturated carbocycles. The van der Waals surface area contributed by atoms with Crippen molar-refractivity contribution in [2.45, 2.75) is 20.4 Å². The van der Waals surface area contributed by atoms with Crippen molar-refractivity contribution in [3.63, 3.8) is 0 Å². The van der Waals surface area contributed by atoms with Crippen LogP contribution < -0.4 is 19.1 Å². The zero-order valence-electron chi connectivity index (χ0n) is 19.4. The Morgan fingerprint density at radius 1 is 0.939 bits per heavy atom. The Morgan fingerprint density at radius 3 is 2.18 bits per heavy atom. The Hall–Kier alpha value is -3.52. The van der Waals surface area contributed by atoms with Crippen LogP contribution >= 0.6 is 0 Å². The van der Waals surface area contributed by atoms with Gasteiger partial charge in [0.05, 0.1) is 38.3 Å². The van der Waals surface area contributed by atoms with E-state index in [2.05, 4.69) is 5.32 Å². The molecule has 0 aliphatic heterocycles. The average Bonchev–Trinajstić information content (AvgIpc) is 2.79. The van der Waals surface area contributed by atoms with E-state index in [0.29, 0.717) is 17.2 Å². The average molecular weight is 469 g/mol. The molecule has 0 bridgehead atoms. The first-order valence-corrected chi connectivity index (χ1v) is 12.1. The molecular formula is C25H28N2O5S. The summed E-state index contributed by atoms with van der Waals surface area (Å²) in [5, 5.41) is 2.91. The highest BCUT2D eigenvalue weighted by Gasteiger charge is 2.27. The monoisotopic (exact) mass is 468 g/mol. The Balaban J connectivity index is 2.15. The third-order valence-electron chi connectivity index (χ3n) is 5.23. The van der Waals surface area contributed by atoms with E-state index >= 15 is 0 Å². The Bertz CT molecular complexity index is 1260. The van der Waals surface area contributed by atoms with E-state index in [1.165, 1.54) is 30.7 Å². The van der Waals surface area contributed by atoms with Crippen LogP contribution in [0.1, 0.15) is 27.0 Å². The number of anilines is 2. The number of aryl methyl sites for hydroxylation is 2. The van der Waals surface area contributed by atoms with Crippen LogP contribution in [0.3, 0.4) is 0 Å². The topological polar surface area (TPSA) is 84.9 Å². The summed E-state index contributed by atoms with van der Waals surface area (Å²) in [6, 6.07) is 17.9. The number of sulfonamides is 1. The summed E-state index contributed by atoms with van der Waals surface area (Å²) < 4.78 is 37.7. The van der Waals surface area contributed by atoms with Gasteiger partial charge in [-0.15, -0.1) is 0 Å². The molecule has 0 saturated heterocycles. The van der Waals surface area contributed by atoms with Gasteiger partial charge in [-0.05, 0) is 42.7 Å². The number of carbonyl (C=O) groups is 1. The number of carbonyl (C=O) groups excluding carboxylic acids is 1. The largest absolute Gasteiger partial charge is 0.493 e. The van der Waals surface area contributed by atoms with Gasteiger partial charge in [-0.3, -0.25) is 9.10 Å². The summed E-state index contributed by atoms with van der Waals surface area (Å²) in [5.74, 6) is 0.180. The lowest BCUT2D eigenvalue weighted by molar-refractivity contribution is 0.102. The van der Waals surface area contributed by atoms with Crippen molar-refractivity contribution < 1.29 is 22.7 Å². The lowest BCUT2D eigenvalue weighted by atomic mass is 10.1. The molecule has 0 aliphatic rings. The summed E-state index contributed by atoms with van der Waals surface area (Å²) in [5.41, 5.74) is 3.65. The minimum Gasteiger partial charge on any atom is -0.493 e. The second-order valence-corrected chi connectivity index (χ2v) is 9.66. The van der Waals surface area contributed by atoms with Crippen LogP contribution in [0.4, 0.5) is 11.4 Å². The maximum atomic E-state index is 13.4. The van der Waals surface area contributed by atoms with E-state index in [0.717, 1.165) is 22.9 Å². The van der Waals surface area contributed by atoms with Gasteiger partial charge in [0.15, 0.2) is 11.5 Å². The fourth-order valence-electron chi connectivity index (χ4n) is 3.45. The van der Waals surface area contributed by atoms with Gasteiger partial charge < -0.3 is 14.8 Å². The van der Waals surface area contributed by atoms with Gasteiger partial charge in [-0.25, -0.2) is 8.42 Å². The highest BCUT2D eigenvalue weighted by atomic mass is 32.2. The molecule has 174 valence electrons. The number of hydrogen-bond acceptors (Lipinski definition) is 5. The molecule has 0 aliphatic carbocycles. The highest BCUT2D eigenvalue weighted by molar-refractivity contribution is 7.92. The van der Waals surface area contributed by atoms with Crippen molar-refractivity contribution in [1.82, 2.24) is 0 Å². The van der Waals surface area contributed by atoms with Crippen molar-refractivity contribution in [3.05, 3.63) is 82.9 Å². The van der Waals surface area contributed by atoms with E-state index < -0.39 is 15.9 Å². The molecule has 33 heavy (non-hydrogen) atoms. The fourth-order valence-corrected chi connectivity index (χ4v) is 4.34. The van der Waals surface area contributed by atoms with E-state index in [9.17, 15) is 13.2 Å². The number of rotatable bonds is 8. The van der Waals surface area contributed by atoms with E-state index in [1.54, 1.807) is 0 Å². The Labute approximate surface area is 195 Å². The number of hydrogen-bond donors (Lipinski definition) is 1. The normalized spacial score (nSPS) is 11.1. The van der Waals surface area contributed by atoms with Gasteiger partial charge in [-0.1, -0.05) is 42.5 Å². The number of nitrogens with one attached hydrogen (secondary N) is 1. The molecule has 0 unspecified atom stereocenters. The Kier molecular flexibility index (Phi) is 7.28. The third kappa shape index (κ3) is 5.64. The summed E-state index contributed by atoms with van der Waals surface area (Å²) in [7, 11) is -0.829. The maximum absolute atomic E-state index is 13.4. The summed E-state index contributed by atoms with van der Waals surface area (Å²) in [4.78, 5) is 13.4. The van der Waals surface area contributed by atoms with Crippen molar-refractivity contribution in [2.24, 2.45) is 0 Å². The zero-order chi connectivity index (χ0) is 24.2. The number of benzene rings is 3. The van der Waals surface area contributed by atoms with Gasteiger partial charge in [0.1, 0.15) is 0 Å². The third-order valence-corrected chi connectivity index (χ3v) is 6.35. The molecule has 0 atom stereocenters.